The molecule has 0 aromatic heterocycles. The largest absolute Gasteiger partial charge is 0.501 e. The Balaban J connectivity index is 2.74. The molecule has 0 aliphatic carbocycles. The van der Waals surface area contributed by atoms with E-state index in [-0.39, 0.29) is 6.10 Å². The average molecular weight is 334 g/mol. The Hall–Kier alpha value is -0.473. The van der Waals surface area contributed by atoms with Crippen molar-refractivity contribution in [3.8, 4) is 0 Å². The molecule has 7 heteroatoms. The van der Waals surface area contributed by atoms with Crippen LogP contribution < -0.4 is 0 Å². The van der Waals surface area contributed by atoms with Gasteiger partial charge in [0, 0.05) is 37.9 Å². The van der Waals surface area contributed by atoms with Gasteiger partial charge in [0.05, 0.1) is 0 Å². The van der Waals surface area contributed by atoms with Crippen LogP contribution in [0.2, 0.25) is 6.04 Å². The van der Waals surface area contributed by atoms with Gasteiger partial charge in [-0.1, -0.05) is 6.92 Å². The predicted molar refractivity (Wildman–Crippen MR) is 86.9 cm³/mol. The smallest absolute Gasteiger partial charge is 0.480 e. The number of hydrogen-bond donors (Lipinski definition) is 1. The Labute approximate surface area is 135 Å². The Morgan fingerprint density at radius 1 is 1.32 bits per heavy atom. The Morgan fingerprint density at radius 3 is 2.23 bits per heavy atom. The highest BCUT2D eigenvalue weighted by atomic mass is 28.4. The van der Waals surface area contributed by atoms with Gasteiger partial charge in [0.25, 0.3) is 0 Å². The third-order valence-electron chi connectivity index (χ3n) is 4.00. The summed E-state index contributed by atoms with van der Waals surface area (Å²) in [5, 5.41) is 9.44. The molecule has 0 aromatic carbocycles. The van der Waals surface area contributed by atoms with E-state index in [0.717, 1.165) is 13.0 Å². The van der Waals surface area contributed by atoms with Crippen LogP contribution in [0.5, 0.6) is 0 Å². The average Bonchev–Trinajstić information content (AvgIpc) is 3.15. The van der Waals surface area contributed by atoms with Crippen molar-refractivity contribution in [2.75, 3.05) is 19.8 Å². The van der Waals surface area contributed by atoms with Crippen LogP contribution in [0.25, 0.3) is 0 Å². The topological polar surface area (TPSA) is 68.0 Å². The SMILES string of the molecule is CCO[Si](CCC(C(=O)O)N1CC1C)(OCC)OC(C)CC. The zero-order valence-corrected chi connectivity index (χ0v) is 15.5. The molecule has 0 radical (unpaired) electrons. The van der Waals surface area contributed by atoms with Gasteiger partial charge in [-0.15, -0.1) is 0 Å². The van der Waals surface area contributed by atoms with Crippen LogP contribution in [0.15, 0.2) is 0 Å². The van der Waals surface area contributed by atoms with E-state index in [2.05, 4.69) is 6.92 Å². The molecule has 4 unspecified atom stereocenters. The van der Waals surface area contributed by atoms with Crippen molar-refractivity contribution in [1.82, 2.24) is 4.90 Å². The molecule has 4 atom stereocenters. The molecule has 6 nitrogen and oxygen atoms in total. The van der Waals surface area contributed by atoms with Crippen LogP contribution in [0.4, 0.5) is 0 Å². The van der Waals surface area contributed by atoms with Gasteiger partial charge in [-0.25, -0.2) is 0 Å². The van der Waals surface area contributed by atoms with Gasteiger partial charge >= 0.3 is 14.8 Å². The molecule has 0 spiro atoms. The first-order chi connectivity index (χ1) is 10.4. The molecular weight excluding hydrogens is 302 g/mol. The summed E-state index contributed by atoms with van der Waals surface area (Å²) in [5.41, 5.74) is 0. The van der Waals surface area contributed by atoms with Crippen LogP contribution in [-0.4, -0.2) is 62.7 Å². The summed E-state index contributed by atoms with van der Waals surface area (Å²) in [5.74, 6) is -0.774. The van der Waals surface area contributed by atoms with E-state index in [0.29, 0.717) is 31.7 Å². The Bertz CT molecular complexity index is 349. The normalized spacial score (nSPS) is 24.0. The van der Waals surface area contributed by atoms with Gasteiger partial charge in [0.1, 0.15) is 6.04 Å². The number of nitrogens with zero attached hydrogens (tertiary/aromatic N) is 1. The first-order valence-corrected chi connectivity index (χ1v) is 10.3. The minimum Gasteiger partial charge on any atom is -0.480 e. The summed E-state index contributed by atoms with van der Waals surface area (Å²) in [7, 11) is -2.82. The fourth-order valence-corrected chi connectivity index (χ4v) is 5.49. The fourth-order valence-electron chi connectivity index (χ4n) is 2.58. The molecule has 1 saturated heterocycles. The van der Waals surface area contributed by atoms with E-state index in [1.165, 1.54) is 0 Å². The van der Waals surface area contributed by atoms with Crippen molar-refractivity contribution in [3.63, 3.8) is 0 Å². The van der Waals surface area contributed by atoms with Crippen molar-refractivity contribution in [3.05, 3.63) is 0 Å². The fraction of sp³-hybridized carbons (Fsp3) is 0.933. The molecule has 1 rings (SSSR count). The number of rotatable bonds is 12. The lowest BCUT2D eigenvalue weighted by molar-refractivity contribution is -0.141. The van der Waals surface area contributed by atoms with Crippen LogP contribution >= 0.6 is 0 Å². The van der Waals surface area contributed by atoms with Crippen molar-refractivity contribution >= 4 is 14.8 Å². The van der Waals surface area contributed by atoms with E-state index in [4.69, 9.17) is 13.3 Å². The van der Waals surface area contributed by atoms with Crippen LogP contribution in [-0.2, 0) is 18.1 Å². The van der Waals surface area contributed by atoms with Crippen molar-refractivity contribution in [2.45, 2.75) is 71.7 Å². The molecule has 130 valence electrons. The lowest BCUT2D eigenvalue weighted by Gasteiger charge is -2.32. The molecule has 0 aromatic rings. The lowest BCUT2D eigenvalue weighted by Crippen LogP contribution is -2.49. The maximum Gasteiger partial charge on any atom is 0.501 e. The monoisotopic (exact) mass is 333 g/mol. The zero-order valence-electron chi connectivity index (χ0n) is 14.5. The summed E-state index contributed by atoms with van der Waals surface area (Å²) in [4.78, 5) is 13.5. The molecule has 1 fully saturated rings. The lowest BCUT2D eigenvalue weighted by atomic mass is 10.2. The maximum atomic E-state index is 11.5. The van der Waals surface area contributed by atoms with Crippen molar-refractivity contribution in [2.24, 2.45) is 0 Å². The highest BCUT2D eigenvalue weighted by molar-refractivity contribution is 6.60. The Kier molecular flexibility index (Phi) is 7.99. The van der Waals surface area contributed by atoms with E-state index < -0.39 is 20.8 Å². The van der Waals surface area contributed by atoms with Crippen LogP contribution in [0, 0.1) is 0 Å². The molecule has 22 heavy (non-hydrogen) atoms. The standard InChI is InChI=1S/C15H31NO5Si/c1-6-13(5)21-22(19-7-2,20-8-3)10-9-14(15(17)18)16-11-12(16)4/h12-14H,6-11H2,1-5H3,(H,17,18). The number of aliphatic carboxylic acids is 1. The zero-order chi connectivity index (χ0) is 16.8. The molecule has 0 amide bonds. The second-order valence-corrected chi connectivity index (χ2v) is 8.50. The summed E-state index contributed by atoms with van der Waals surface area (Å²) < 4.78 is 17.9. The molecule has 1 aliphatic heterocycles. The first-order valence-electron chi connectivity index (χ1n) is 8.33. The van der Waals surface area contributed by atoms with E-state index in [1.54, 1.807) is 0 Å². The predicted octanol–water partition coefficient (Wildman–Crippen LogP) is 2.36. The number of carboxylic acids is 1. The van der Waals surface area contributed by atoms with Gasteiger partial charge in [-0.3, -0.25) is 9.69 Å². The van der Waals surface area contributed by atoms with Crippen molar-refractivity contribution in [1.29, 1.82) is 0 Å². The van der Waals surface area contributed by atoms with Gasteiger partial charge in [-0.2, -0.15) is 0 Å². The molecular formula is C15H31NO5Si. The van der Waals surface area contributed by atoms with Gasteiger partial charge < -0.3 is 18.4 Å². The van der Waals surface area contributed by atoms with E-state index in [9.17, 15) is 9.90 Å². The summed E-state index contributed by atoms with van der Waals surface area (Å²) in [6.45, 7) is 11.8. The molecule has 1 aliphatic rings. The first kappa shape index (κ1) is 19.6. The highest BCUT2D eigenvalue weighted by Gasteiger charge is 2.46. The van der Waals surface area contributed by atoms with Crippen LogP contribution in [0.3, 0.4) is 0 Å². The molecule has 0 bridgehead atoms. The maximum absolute atomic E-state index is 11.5. The van der Waals surface area contributed by atoms with Gasteiger partial charge in [0.2, 0.25) is 0 Å². The van der Waals surface area contributed by atoms with E-state index in [1.807, 2.05) is 32.6 Å². The number of hydrogen-bond acceptors (Lipinski definition) is 5. The summed E-state index contributed by atoms with van der Waals surface area (Å²) in [6.07, 6.45) is 1.43. The highest BCUT2D eigenvalue weighted by Crippen LogP contribution is 2.28. The van der Waals surface area contributed by atoms with Gasteiger partial charge in [-0.05, 0) is 40.5 Å². The molecule has 1 heterocycles. The second kappa shape index (κ2) is 8.98. The number of carbonyl (C=O) groups is 1. The van der Waals surface area contributed by atoms with Crippen LogP contribution in [0.1, 0.15) is 47.5 Å². The molecule has 0 saturated carbocycles. The summed E-state index contributed by atoms with van der Waals surface area (Å²) in [6, 6.07) is 0.425. The van der Waals surface area contributed by atoms with Gasteiger partial charge in [0.15, 0.2) is 0 Å². The molecule has 1 N–H and O–H groups in total. The number of carboxylic acid groups (broad SMARTS) is 1. The third kappa shape index (κ3) is 5.62. The third-order valence-corrected chi connectivity index (χ3v) is 7.12. The van der Waals surface area contributed by atoms with Crippen molar-refractivity contribution < 1.29 is 23.2 Å². The Morgan fingerprint density at radius 2 is 1.86 bits per heavy atom. The summed E-state index contributed by atoms with van der Waals surface area (Å²) >= 11 is 0. The minimum atomic E-state index is -2.82. The van der Waals surface area contributed by atoms with E-state index >= 15 is 0 Å². The second-order valence-electron chi connectivity index (χ2n) is 5.82. The minimum absolute atomic E-state index is 0.0493. The quantitative estimate of drug-likeness (QED) is 0.437.